The maximum absolute atomic E-state index is 5.96. The van der Waals surface area contributed by atoms with Gasteiger partial charge in [0.2, 0.25) is 0 Å². The molecule has 0 aliphatic rings. The van der Waals surface area contributed by atoms with Gasteiger partial charge in [-0.05, 0) is 18.2 Å². The molecule has 1 unspecified atom stereocenters. The second-order valence-corrected chi connectivity index (χ2v) is 3.14. The molecule has 2 rings (SSSR count). The van der Waals surface area contributed by atoms with Crippen molar-refractivity contribution in [2.24, 2.45) is 5.73 Å². The fourth-order valence-electron chi connectivity index (χ4n) is 1.33. The molecule has 0 spiro atoms. The second kappa shape index (κ2) is 4.02. The van der Waals surface area contributed by atoms with E-state index in [0.717, 1.165) is 17.8 Å². The van der Waals surface area contributed by atoms with E-state index < -0.39 is 0 Å². The lowest BCUT2D eigenvalue weighted by Crippen LogP contribution is -2.14. The third kappa shape index (κ3) is 1.97. The van der Waals surface area contributed by atoms with Gasteiger partial charge in [0.25, 0.3) is 0 Å². The first kappa shape index (κ1) is 8.90. The summed E-state index contributed by atoms with van der Waals surface area (Å²) in [5.74, 6) is 0. The first-order valence-corrected chi connectivity index (χ1v) is 4.51. The highest BCUT2D eigenvalue weighted by atomic mass is 15.1. The molecule has 14 heavy (non-hydrogen) atoms. The smallest absolute Gasteiger partial charge is 0.0523 e. The number of nitrogens with one attached hydrogen (secondary N) is 1. The van der Waals surface area contributed by atoms with Crippen molar-refractivity contribution in [2.45, 2.75) is 12.5 Å². The third-order valence-electron chi connectivity index (χ3n) is 2.08. The number of rotatable bonds is 3. The number of aromatic nitrogens is 3. The van der Waals surface area contributed by atoms with E-state index in [9.17, 15) is 0 Å². The van der Waals surface area contributed by atoms with Crippen LogP contribution < -0.4 is 5.73 Å². The lowest BCUT2D eigenvalue weighted by molar-refractivity contribution is 0.679. The van der Waals surface area contributed by atoms with E-state index in [1.807, 2.05) is 24.3 Å². The summed E-state index contributed by atoms with van der Waals surface area (Å²) >= 11 is 0. The molecule has 0 aliphatic carbocycles. The van der Waals surface area contributed by atoms with Crippen LogP contribution in [-0.2, 0) is 6.42 Å². The minimum Gasteiger partial charge on any atom is -0.322 e. The zero-order valence-corrected chi connectivity index (χ0v) is 7.72. The number of hydrogen-bond acceptors (Lipinski definition) is 3. The van der Waals surface area contributed by atoms with Crippen LogP contribution in [0.5, 0.6) is 0 Å². The lowest BCUT2D eigenvalue weighted by atomic mass is 10.1. The van der Waals surface area contributed by atoms with Crippen LogP contribution in [0.1, 0.15) is 17.4 Å². The fraction of sp³-hybridized carbons (Fsp3) is 0.200. The standard InChI is InChI=1S/C10H12N4/c11-9(10-4-6-13-14-10)7-8-3-1-2-5-12-8/h1-6,9H,7,11H2,(H,13,14). The number of nitrogens with two attached hydrogens (primary N) is 1. The van der Waals surface area contributed by atoms with Crippen LogP contribution in [0.4, 0.5) is 0 Å². The van der Waals surface area contributed by atoms with Gasteiger partial charge in [-0.2, -0.15) is 5.10 Å². The minimum atomic E-state index is -0.0626. The zero-order chi connectivity index (χ0) is 9.80. The molecule has 2 aromatic rings. The van der Waals surface area contributed by atoms with Crippen molar-refractivity contribution in [1.82, 2.24) is 15.2 Å². The highest BCUT2D eigenvalue weighted by Crippen LogP contribution is 2.10. The predicted molar refractivity (Wildman–Crippen MR) is 53.5 cm³/mol. The lowest BCUT2D eigenvalue weighted by Gasteiger charge is -2.07. The Balaban J connectivity index is 2.06. The Morgan fingerprint density at radius 2 is 2.21 bits per heavy atom. The van der Waals surface area contributed by atoms with Gasteiger partial charge in [-0.3, -0.25) is 10.1 Å². The maximum atomic E-state index is 5.96. The van der Waals surface area contributed by atoms with Gasteiger partial charge >= 0.3 is 0 Å². The molecule has 2 aromatic heterocycles. The van der Waals surface area contributed by atoms with Crippen molar-refractivity contribution in [3.63, 3.8) is 0 Å². The van der Waals surface area contributed by atoms with E-state index in [4.69, 9.17) is 5.73 Å². The molecule has 2 heterocycles. The van der Waals surface area contributed by atoms with Gasteiger partial charge in [-0.1, -0.05) is 6.07 Å². The SMILES string of the molecule is NC(Cc1ccccn1)c1ccn[nH]1. The highest BCUT2D eigenvalue weighted by molar-refractivity contribution is 5.11. The first-order chi connectivity index (χ1) is 6.86. The van der Waals surface area contributed by atoms with Crippen molar-refractivity contribution in [3.05, 3.63) is 48.0 Å². The molecule has 0 saturated carbocycles. The molecule has 0 radical (unpaired) electrons. The molecule has 3 N–H and O–H groups in total. The van der Waals surface area contributed by atoms with Crippen LogP contribution >= 0.6 is 0 Å². The largest absolute Gasteiger partial charge is 0.322 e. The van der Waals surface area contributed by atoms with Crippen molar-refractivity contribution >= 4 is 0 Å². The Hall–Kier alpha value is -1.68. The summed E-state index contributed by atoms with van der Waals surface area (Å²) in [5, 5.41) is 6.71. The molecule has 0 bridgehead atoms. The van der Waals surface area contributed by atoms with Crippen LogP contribution in [0.3, 0.4) is 0 Å². The van der Waals surface area contributed by atoms with E-state index >= 15 is 0 Å². The van der Waals surface area contributed by atoms with Crippen molar-refractivity contribution < 1.29 is 0 Å². The number of pyridine rings is 1. The fourth-order valence-corrected chi connectivity index (χ4v) is 1.33. The molecule has 0 amide bonds. The molecule has 0 fully saturated rings. The van der Waals surface area contributed by atoms with Crippen molar-refractivity contribution in [3.8, 4) is 0 Å². The van der Waals surface area contributed by atoms with E-state index in [-0.39, 0.29) is 6.04 Å². The topological polar surface area (TPSA) is 67.6 Å². The maximum Gasteiger partial charge on any atom is 0.0523 e. The molecule has 1 atom stereocenters. The molecule has 0 aliphatic heterocycles. The van der Waals surface area contributed by atoms with Crippen LogP contribution in [0.25, 0.3) is 0 Å². The van der Waals surface area contributed by atoms with Crippen molar-refractivity contribution in [1.29, 1.82) is 0 Å². The van der Waals surface area contributed by atoms with Gasteiger partial charge in [-0.25, -0.2) is 0 Å². The summed E-state index contributed by atoms with van der Waals surface area (Å²) in [6, 6.07) is 7.64. The summed E-state index contributed by atoms with van der Waals surface area (Å²) in [7, 11) is 0. The number of nitrogens with zero attached hydrogens (tertiary/aromatic N) is 2. The number of H-pyrrole nitrogens is 1. The average molecular weight is 188 g/mol. The Labute approximate surface area is 82.2 Å². The van der Waals surface area contributed by atoms with Gasteiger partial charge in [0.05, 0.1) is 11.7 Å². The van der Waals surface area contributed by atoms with Crippen LogP contribution in [-0.4, -0.2) is 15.2 Å². The van der Waals surface area contributed by atoms with Crippen molar-refractivity contribution in [2.75, 3.05) is 0 Å². The summed E-state index contributed by atoms with van der Waals surface area (Å²) in [6.45, 7) is 0. The van der Waals surface area contributed by atoms with Crippen LogP contribution in [0.2, 0.25) is 0 Å². The quantitative estimate of drug-likeness (QED) is 0.756. The first-order valence-electron chi connectivity index (χ1n) is 4.51. The monoisotopic (exact) mass is 188 g/mol. The molecule has 72 valence electrons. The second-order valence-electron chi connectivity index (χ2n) is 3.14. The number of aromatic amines is 1. The van der Waals surface area contributed by atoms with E-state index in [1.165, 1.54) is 0 Å². The van der Waals surface area contributed by atoms with E-state index in [0.29, 0.717) is 0 Å². The van der Waals surface area contributed by atoms with Gasteiger partial charge in [0.15, 0.2) is 0 Å². The number of hydrogen-bond donors (Lipinski definition) is 2. The van der Waals surface area contributed by atoms with Crippen LogP contribution in [0, 0.1) is 0 Å². The van der Waals surface area contributed by atoms with Gasteiger partial charge in [0.1, 0.15) is 0 Å². The van der Waals surface area contributed by atoms with Crippen LogP contribution in [0.15, 0.2) is 36.7 Å². The van der Waals surface area contributed by atoms with Gasteiger partial charge in [-0.15, -0.1) is 0 Å². The molecular weight excluding hydrogens is 176 g/mol. The molecule has 0 saturated heterocycles. The zero-order valence-electron chi connectivity index (χ0n) is 7.72. The summed E-state index contributed by atoms with van der Waals surface area (Å²) in [5.41, 5.74) is 7.90. The molecular formula is C10H12N4. The van der Waals surface area contributed by atoms with Gasteiger partial charge in [0, 0.05) is 24.5 Å². The Kier molecular flexibility index (Phi) is 2.55. The highest BCUT2D eigenvalue weighted by Gasteiger charge is 2.08. The normalized spacial score (nSPS) is 12.6. The predicted octanol–water partition coefficient (Wildman–Crippen LogP) is 1.05. The Morgan fingerprint density at radius 3 is 2.86 bits per heavy atom. The minimum absolute atomic E-state index is 0.0626. The molecule has 4 heteroatoms. The summed E-state index contributed by atoms with van der Waals surface area (Å²) < 4.78 is 0. The van der Waals surface area contributed by atoms with E-state index in [1.54, 1.807) is 12.4 Å². The Bertz CT molecular complexity index is 368. The summed E-state index contributed by atoms with van der Waals surface area (Å²) in [6.07, 6.45) is 4.20. The summed E-state index contributed by atoms with van der Waals surface area (Å²) in [4.78, 5) is 4.21. The van der Waals surface area contributed by atoms with E-state index in [2.05, 4.69) is 15.2 Å². The molecule has 4 nitrogen and oxygen atoms in total. The van der Waals surface area contributed by atoms with Gasteiger partial charge < -0.3 is 5.73 Å². The Morgan fingerprint density at radius 1 is 1.29 bits per heavy atom. The molecule has 0 aromatic carbocycles. The average Bonchev–Trinajstić information content (AvgIpc) is 2.72. The third-order valence-corrected chi connectivity index (χ3v) is 2.08.